The average molecular weight is 547 g/mol. The van der Waals surface area contributed by atoms with Gasteiger partial charge in [-0.25, -0.2) is 4.79 Å². The van der Waals surface area contributed by atoms with Crippen LogP contribution in [0.1, 0.15) is 104 Å². The summed E-state index contributed by atoms with van der Waals surface area (Å²) in [5.41, 5.74) is 6.58. The molecule has 0 saturated carbocycles. The summed E-state index contributed by atoms with van der Waals surface area (Å²) in [6.45, 7) is 20.6. The minimum absolute atomic E-state index is 0.351. The minimum Gasteiger partial charge on any atom is -0.444 e. The number of nitrogens with one attached hydrogen (secondary N) is 2. The maximum Gasteiger partial charge on any atom is 0.408 e. The van der Waals surface area contributed by atoms with Crippen molar-refractivity contribution >= 4 is 23.8 Å². The lowest BCUT2D eigenvalue weighted by atomic mass is 9.92. The summed E-state index contributed by atoms with van der Waals surface area (Å²) in [6, 6.07) is 3.06. The second-order valence-corrected chi connectivity index (χ2v) is 12.9. The van der Waals surface area contributed by atoms with Crippen LogP contribution >= 0.6 is 0 Å². The Morgan fingerprint density at radius 2 is 1.56 bits per heavy atom. The van der Waals surface area contributed by atoms with Gasteiger partial charge in [0, 0.05) is 11.6 Å². The van der Waals surface area contributed by atoms with E-state index in [1.54, 1.807) is 20.8 Å². The fraction of sp³-hybridized carbons (Fsp3) is 0.667. The molecule has 220 valence electrons. The molecule has 0 radical (unpaired) electrons. The highest BCUT2D eigenvalue weighted by molar-refractivity contribution is 5.95. The van der Waals surface area contributed by atoms with Crippen LogP contribution in [0.25, 0.3) is 0 Å². The van der Waals surface area contributed by atoms with E-state index in [2.05, 4.69) is 24.5 Å². The van der Waals surface area contributed by atoms with Crippen LogP contribution in [0.3, 0.4) is 0 Å². The predicted molar refractivity (Wildman–Crippen MR) is 154 cm³/mol. The Morgan fingerprint density at radius 1 is 0.974 bits per heavy atom. The monoisotopic (exact) mass is 546 g/mol. The van der Waals surface area contributed by atoms with Crippen LogP contribution in [0.15, 0.2) is 18.2 Å². The molecule has 3 atom stereocenters. The first kappa shape index (κ1) is 33.9. The van der Waals surface area contributed by atoms with Crippen molar-refractivity contribution in [2.75, 3.05) is 0 Å². The number of rotatable bonds is 11. The number of nitrogens with two attached hydrogens (primary N) is 1. The largest absolute Gasteiger partial charge is 0.444 e. The zero-order valence-electron chi connectivity index (χ0n) is 25.7. The molecule has 4 N–H and O–H groups in total. The van der Waals surface area contributed by atoms with Crippen molar-refractivity contribution in [3.05, 3.63) is 34.9 Å². The van der Waals surface area contributed by atoms with E-state index in [4.69, 9.17) is 10.5 Å². The van der Waals surface area contributed by atoms with Crippen LogP contribution in [-0.2, 0) is 19.1 Å². The molecule has 9 heteroatoms. The van der Waals surface area contributed by atoms with Crippen LogP contribution < -0.4 is 16.4 Å². The van der Waals surface area contributed by atoms with Gasteiger partial charge in [-0.2, -0.15) is 0 Å². The third kappa shape index (κ3) is 11.7. The van der Waals surface area contributed by atoms with Crippen molar-refractivity contribution in [1.82, 2.24) is 15.5 Å². The van der Waals surface area contributed by atoms with Crippen molar-refractivity contribution in [3.8, 4) is 0 Å². The SMILES string of the molecule is Cc1ccc(C)c(C(C(=O)NC(C)(C)C)N(C(=O)C(CC(N)=O)NC(=O)OC(C)(C)C)C(C)CCC(C)C)c1. The maximum absolute atomic E-state index is 14.3. The maximum atomic E-state index is 14.3. The van der Waals surface area contributed by atoms with Gasteiger partial charge in [-0.15, -0.1) is 0 Å². The zero-order chi connectivity index (χ0) is 30.3. The molecular formula is C30H50N4O5. The normalized spacial score (nSPS) is 14.3. The summed E-state index contributed by atoms with van der Waals surface area (Å²) in [4.78, 5) is 54.5. The molecule has 0 fully saturated rings. The quantitative estimate of drug-likeness (QED) is 0.371. The summed E-state index contributed by atoms with van der Waals surface area (Å²) >= 11 is 0. The van der Waals surface area contributed by atoms with Gasteiger partial charge >= 0.3 is 6.09 Å². The molecule has 0 aliphatic carbocycles. The number of carbonyl (C=O) groups is 4. The lowest BCUT2D eigenvalue weighted by Crippen LogP contribution is -2.57. The summed E-state index contributed by atoms with van der Waals surface area (Å²) in [6.07, 6.45) is 0.139. The molecule has 0 heterocycles. The number of benzene rings is 1. The molecule has 0 aliphatic rings. The molecule has 39 heavy (non-hydrogen) atoms. The number of hydrogen-bond acceptors (Lipinski definition) is 5. The number of alkyl carbamates (subject to hydrolysis) is 1. The molecule has 3 unspecified atom stereocenters. The van der Waals surface area contributed by atoms with Gasteiger partial charge in [0.25, 0.3) is 0 Å². The molecule has 1 aromatic carbocycles. The lowest BCUT2D eigenvalue weighted by Gasteiger charge is -2.40. The number of carbonyl (C=O) groups excluding carboxylic acids is 4. The molecule has 1 aromatic rings. The minimum atomic E-state index is -1.31. The van der Waals surface area contributed by atoms with Crippen LogP contribution in [-0.4, -0.2) is 51.9 Å². The summed E-state index contributed by atoms with van der Waals surface area (Å²) in [5, 5.41) is 5.57. The highest BCUT2D eigenvalue weighted by Gasteiger charge is 2.40. The Kier molecular flexibility index (Phi) is 12.0. The van der Waals surface area contributed by atoms with Gasteiger partial charge in [0.05, 0.1) is 6.42 Å². The Morgan fingerprint density at radius 3 is 2.05 bits per heavy atom. The molecule has 0 bridgehead atoms. The van der Waals surface area contributed by atoms with Gasteiger partial charge in [0.2, 0.25) is 17.7 Å². The standard InChI is InChI=1S/C30H50N4O5/c1-18(2)12-15-21(5)34(27(37)23(17-24(31)35)32-28(38)39-30(9,10)11)25(26(36)33-29(6,7)8)22-16-19(3)13-14-20(22)4/h13-14,16,18,21,23,25H,12,15,17H2,1-11H3,(H2,31,35)(H,32,38)(H,33,36). The van der Waals surface area contributed by atoms with Gasteiger partial charge in [-0.3, -0.25) is 14.4 Å². The summed E-state index contributed by atoms with van der Waals surface area (Å²) in [7, 11) is 0. The van der Waals surface area contributed by atoms with Crippen molar-refractivity contribution in [2.24, 2.45) is 11.7 Å². The predicted octanol–water partition coefficient (Wildman–Crippen LogP) is 4.68. The Labute approximate surface area is 234 Å². The highest BCUT2D eigenvalue weighted by Crippen LogP contribution is 2.31. The summed E-state index contributed by atoms with van der Waals surface area (Å²) in [5.74, 6) is -1.32. The van der Waals surface area contributed by atoms with Crippen molar-refractivity contribution < 1.29 is 23.9 Å². The van der Waals surface area contributed by atoms with E-state index in [9.17, 15) is 19.2 Å². The molecule has 4 amide bonds. The van der Waals surface area contributed by atoms with Crippen LogP contribution in [0.5, 0.6) is 0 Å². The number of hydrogen-bond donors (Lipinski definition) is 3. The number of nitrogens with zero attached hydrogens (tertiary/aromatic N) is 1. The smallest absolute Gasteiger partial charge is 0.408 e. The highest BCUT2D eigenvalue weighted by atomic mass is 16.6. The third-order valence-corrected chi connectivity index (χ3v) is 6.04. The Bertz CT molecular complexity index is 1020. The van der Waals surface area contributed by atoms with Gasteiger partial charge in [0.1, 0.15) is 17.7 Å². The van der Waals surface area contributed by atoms with E-state index in [0.717, 1.165) is 17.5 Å². The second-order valence-electron chi connectivity index (χ2n) is 12.9. The van der Waals surface area contributed by atoms with Gasteiger partial charge in [-0.1, -0.05) is 37.6 Å². The van der Waals surface area contributed by atoms with Crippen molar-refractivity contribution in [1.29, 1.82) is 0 Å². The third-order valence-electron chi connectivity index (χ3n) is 6.04. The van der Waals surface area contributed by atoms with E-state index < -0.39 is 53.6 Å². The molecule has 1 rings (SSSR count). The molecule has 9 nitrogen and oxygen atoms in total. The van der Waals surface area contributed by atoms with Gasteiger partial charge in [0.15, 0.2) is 0 Å². The van der Waals surface area contributed by atoms with E-state index in [0.29, 0.717) is 17.9 Å². The van der Waals surface area contributed by atoms with E-state index in [1.165, 1.54) is 4.90 Å². The number of ether oxygens (including phenoxy) is 1. The van der Waals surface area contributed by atoms with E-state index in [1.807, 2.05) is 59.7 Å². The Balaban J connectivity index is 3.76. The molecule has 0 spiro atoms. The fourth-order valence-electron chi connectivity index (χ4n) is 4.25. The van der Waals surface area contributed by atoms with Gasteiger partial charge in [-0.05, 0) is 92.2 Å². The van der Waals surface area contributed by atoms with Crippen LogP contribution in [0, 0.1) is 19.8 Å². The first-order valence-electron chi connectivity index (χ1n) is 13.7. The van der Waals surface area contributed by atoms with Crippen LogP contribution in [0.4, 0.5) is 4.79 Å². The average Bonchev–Trinajstić information content (AvgIpc) is 2.73. The number of aryl methyl sites for hydroxylation is 2. The van der Waals surface area contributed by atoms with Crippen LogP contribution in [0.2, 0.25) is 0 Å². The molecule has 0 saturated heterocycles. The first-order valence-corrected chi connectivity index (χ1v) is 13.7. The zero-order valence-corrected chi connectivity index (χ0v) is 25.7. The molecule has 0 aliphatic heterocycles. The first-order chi connectivity index (χ1) is 17.7. The number of primary amides is 1. The molecule has 0 aromatic heterocycles. The second kappa shape index (κ2) is 13.8. The van der Waals surface area contributed by atoms with E-state index >= 15 is 0 Å². The number of amides is 4. The Hall–Kier alpha value is -3.10. The lowest BCUT2D eigenvalue weighted by molar-refractivity contribution is -0.146. The van der Waals surface area contributed by atoms with Crippen molar-refractivity contribution in [3.63, 3.8) is 0 Å². The van der Waals surface area contributed by atoms with Crippen molar-refractivity contribution in [2.45, 2.75) is 125 Å². The topological polar surface area (TPSA) is 131 Å². The van der Waals surface area contributed by atoms with Gasteiger partial charge < -0.3 is 26.0 Å². The molecular weight excluding hydrogens is 496 g/mol. The fourth-order valence-corrected chi connectivity index (χ4v) is 4.25. The van der Waals surface area contributed by atoms with E-state index in [-0.39, 0.29) is 5.91 Å². The summed E-state index contributed by atoms with van der Waals surface area (Å²) < 4.78 is 5.36.